The summed E-state index contributed by atoms with van der Waals surface area (Å²) in [4.78, 5) is 156. The smallest absolute Gasteiger partial charge is 0.246 e. The molecule has 2 bridgehead atoms. The molecule has 13 N–H and O–H groups in total. The number of carbonyl (C=O) groups is 11. The topological polar surface area (TPSA) is 407 Å². The van der Waals surface area contributed by atoms with Gasteiger partial charge in [-0.25, -0.2) is 0 Å². The predicted molar refractivity (Wildman–Crippen MR) is 283 cm³/mol. The van der Waals surface area contributed by atoms with Crippen molar-refractivity contribution < 1.29 is 77.0 Å². The number of benzene rings is 1. The molecule has 1 aromatic heterocycles. The number of aliphatic hydroxyl groups excluding tert-OH is 3. The lowest BCUT2D eigenvalue weighted by Crippen LogP contribution is -2.62. The second-order valence-corrected chi connectivity index (χ2v) is 22.7. The highest BCUT2D eigenvalue weighted by atomic mass is 32.2. The van der Waals surface area contributed by atoms with E-state index in [0.29, 0.717) is 49.8 Å². The van der Waals surface area contributed by atoms with Crippen molar-refractivity contribution in [2.45, 2.75) is 137 Å². The van der Waals surface area contributed by atoms with Gasteiger partial charge in [0.25, 0.3) is 0 Å². The first-order chi connectivity index (χ1) is 37.5. The molecule has 6 rings (SSSR count). The van der Waals surface area contributed by atoms with Crippen LogP contribution in [0.25, 0.3) is 10.9 Å². The number of H-pyrrole nitrogens is 1. The van der Waals surface area contributed by atoms with Gasteiger partial charge in [0.15, 0.2) is 0 Å². The number of fused-ring (bicyclic) bond motifs is 5. The van der Waals surface area contributed by atoms with E-state index in [0.717, 1.165) is 4.90 Å². The van der Waals surface area contributed by atoms with Crippen LogP contribution in [0.4, 0.5) is 0 Å². The molecular formula is C50H71N11O16S2. The Hall–Kier alpha value is -6.69. The minimum absolute atomic E-state index is 0.113. The van der Waals surface area contributed by atoms with Crippen LogP contribution in [0.5, 0.6) is 5.75 Å². The average molecular weight is 1150 g/mol. The van der Waals surface area contributed by atoms with Crippen molar-refractivity contribution in [2.24, 2.45) is 17.6 Å². The maximum atomic E-state index is 15.0. The Bertz CT molecular complexity index is 2690. The van der Waals surface area contributed by atoms with Crippen molar-refractivity contribution in [3.05, 3.63) is 23.8 Å². The number of ether oxygens (including phenoxy) is 1. The Morgan fingerprint density at radius 3 is 2.20 bits per heavy atom. The third-order valence-electron chi connectivity index (χ3n) is 14.6. The van der Waals surface area contributed by atoms with Crippen molar-refractivity contribution in [3.8, 4) is 5.75 Å². The molecule has 2 aromatic rings. The molecule has 0 aliphatic carbocycles. The van der Waals surface area contributed by atoms with Gasteiger partial charge in [0.2, 0.25) is 65.0 Å². The van der Waals surface area contributed by atoms with Gasteiger partial charge in [0.1, 0.15) is 47.0 Å². The minimum Gasteiger partial charge on any atom is -0.494 e. The Balaban J connectivity index is 1.42. The Morgan fingerprint density at radius 1 is 0.835 bits per heavy atom. The van der Waals surface area contributed by atoms with Crippen LogP contribution < -0.4 is 47.7 Å². The number of imide groups is 1. The maximum Gasteiger partial charge on any atom is 0.246 e. The van der Waals surface area contributed by atoms with Gasteiger partial charge in [-0.15, -0.1) is 0 Å². The van der Waals surface area contributed by atoms with Gasteiger partial charge in [-0.1, -0.05) is 40.0 Å². The van der Waals surface area contributed by atoms with Crippen molar-refractivity contribution in [2.75, 3.05) is 51.4 Å². The highest BCUT2D eigenvalue weighted by molar-refractivity contribution is 8.00. The van der Waals surface area contributed by atoms with Crippen LogP contribution in [-0.4, -0.2) is 204 Å². The molecule has 2 fully saturated rings. The molecule has 0 radical (unpaired) electrons. The molecule has 12 atom stereocenters. The number of hydrogen-bond acceptors (Lipinski definition) is 17. The SMILES string of the molecule is CC[C@H](C)[C@@H]1NC(=O)CNC(=O)[C@H]2Cc3c([nH]c4cc(OCCCCCCN5C(=O)CC(SC)C5=O)ccc34)S(=O)C[C@H](NC(=O)CNC1=O)C(=O)N[C@@H](CC(N)=O)C(=O)N1C[C@H](O)C[C@H]1C(=O)N[C@@H]([C@@H](C)[C@@H](O)CO)C(=O)N2. The minimum atomic E-state index is -2.41. The Labute approximate surface area is 461 Å². The molecule has 2 saturated heterocycles. The molecule has 0 spiro atoms. The summed E-state index contributed by atoms with van der Waals surface area (Å²) in [5.41, 5.74) is 5.95. The fraction of sp³-hybridized carbons (Fsp3) is 0.620. The fourth-order valence-electron chi connectivity index (χ4n) is 9.77. The summed E-state index contributed by atoms with van der Waals surface area (Å²) in [7, 11) is -2.41. The molecule has 434 valence electrons. The summed E-state index contributed by atoms with van der Waals surface area (Å²) >= 11 is 1.35. The van der Waals surface area contributed by atoms with Crippen molar-refractivity contribution in [1.29, 1.82) is 0 Å². The average Bonchev–Trinajstić information content (AvgIpc) is 4.11. The van der Waals surface area contributed by atoms with Gasteiger partial charge in [-0.3, -0.25) is 61.8 Å². The van der Waals surface area contributed by atoms with E-state index >= 15 is 4.21 Å². The monoisotopic (exact) mass is 1150 g/mol. The number of thioether (sulfide) groups is 1. The quantitative estimate of drug-likeness (QED) is 0.0560. The molecule has 29 heteroatoms. The van der Waals surface area contributed by atoms with Gasteiger partial charge < -0.3 is 72.9 Å². The maximum absolute atomic E-state index is 15.0. The zero-order valence-electron chi connectivity index (χ0n) is 44.3. The van der Waals surface area contributed by atoms with Gasteiger partial charge in [0, 0.05) is 49.7 Å². The standard InChI is InChI=1S/C50H71N11O16S2/c1-5-24(2)41-46(72)53-19-38(66)54-33-23-79(76)48-29(28-11-10-27(15-30(28)57-48)77-13-9-7-6-8-12-60-40(68)18-36(78-4)50(60)75)16-31(43(69)52-20-39(67)58-41)55-47(73)42(25(3)35(64)22-62)59-45(71)34-14-26(63)21-61(34)49(74)32(17-37(51)65)56-44(33)70/h10-11,15,24-26,31-36,41-42,57,62-64H,5-9,12-14,16-23H2,1-4H3,(H2,51,65)(H,52,69)(H,53,72)(H,54,66)(H,55,73)(H,56,70)(H,58,67)(H,59,71)/t24-,25-,26+,31+,32-,33-,34-,35-,36?,41-,42-,79?/m0/s1. The molecule has 79 heavy (non-hydrogen) atoms. The predicted octanol–water partition coefficient (Wildman–Crippen LogP) is -4.20. The number of nitrogens with zero attached hydrogens (tertiary/aromatic N) is 2. The van der Waals surface area contributed by atoms with Gasteiger partial charge in [-0.05, 0) is 42.7 Å². The molecule has 2 unspecified atom stereocenters. The van der Waals surface area contributed by atoms with Crippen LogP contribution in [-0.2, 0) is 70.0 Å². The van der Waals surface area contributed by atoms with E-state index < -0.39 is 176 Å². The molecule has 0 saturated carbocycles. The van der Waals surface area contributed by atoms with E-state index in [2.05, 4.69) is 42.2 Å². The van der Waals surface area contributed by atoms with E-state index in [-0.39, 0.29) is 46.2 Å². The Kier molecular flexibility index (Phi) is 21.8. The van der Waals surface area contributed by atoms with Crippen LogP contribution in [0.2, 0.25) is 0 Å². The third kappa shape index (κ3) is 15.6. The van der Waals surface area contributed by atoms with E-state index in [9.17, 15) is 68.1 Å². The lowest BCUT2D eigenvalue weighted by molar-refractivity contribution is -0.144. The molecule has 11 amide bonds. The summed E-state index contributed by atoms with van der Waals surface area (Å²) in [6, 6.07) is -5.30. The Morgan fingerprint density at radius 2 is 1.53 bits per heavy atom. The second kappa shape index (κ2) is 27.9. The number of nitrogens with one attached hydrogen (secondary N) is 8. The number of likely N-dealkylation sites (tertiary alicyclic amines) is 1. The third-order valence-corrected chi connectivity index (χ3v) is 16.9. The molecule has 4 aliphatic heterocycles. The highest BCUT2D eigenvalue weighted by Gasteiger charge is 2.45. The summed E-state index contributed by atoms with van der Waals surface area (Å²) < 4.78 is 21.1. The normalized spacial score (nSPS) is 27.4. The van der Waals surface area contributed by atoms with Crippen molar-refractivity contribution >= 4 is 98.4 Å². The fourth-order valence-corrected chi connectivity index (χ4v) is 11.8. The van der Waals surface area contributed by atoms with Crippen LogP contribution in [0.1, 0.15) is 77.7 Å². The molecule has 27 nitrogen and oxygen atoms in total. The number of amides is 11. The van der Waals surface area contributed by atoms with Gasteiger partial charge >= 0.3 is 0 Å². The first-order valence-electron chi connectivity index (χ1n) is 26.2. The highest BCUT2D eigenvalue weighted by Crippen LogP contribution is 2.31. The van der Waals surface area contributed by atoms with Crippen molar-refractivity contribution in [1.82, 2.24) is 52.0 Å². The van der Waals surface area contributed by atoms with Crippen LogP contribution in [0.15, 0.2) is 23.2 Å². The van der Waals surface area contributed by atoms with Gasteiger partial charge in [0.05, 0.1) is 72.3 Å². The van der Waals surface area contributed by atoms with E-state index in [1.807, 2.05) is 0 Å². The number of carbonyl (C=O) groups excluding carboxylic acids is 11. The number of aromatic nitrogens is 1. The summed E-state index contributed by atoms with van der Waals surface area (Å²) in [5, 5.41) is 48.9. The first kappa shape index (κ1) is 61.5. The number of hydrogen-bond donors (Lipinski definition) is 12. The summed E-state index contributed by atoms with van der Waals surface area (Å²) in [5.74, 6) is -11.9. The van der Waals surface area contributed by atoms with E-state index in [4.69, 9.17) is 10.5 Å². The number of aromatic amines is 1. The number of primary amides is 1. The zero-order chi connectivity index (χ0) is 57.8. The van der Waals surface area contributed by atoms with E-state index in [1.54, 1.807) is 38.3 Å². The number of aliphatic hydroxyl groups is 3. The lowest BCUT2D eigenvalue weighted by atomic mass is 9.93. The largest absolute Gasteiger partial charge is 0.494 e. The van der Waals surface area contributed by atoms with Crippen LogP contribution >= 0.6 is 11.8 Å². The number of nitrogens with two attached hydrogens (primary N) is 1. The summed E-state index contributed by atoms with van der Waals surface area (Å²) in [6.45, 7) is 2.30. The summed E-state index contributed by atoms with van der Waals surface area (Å²) in [6.07, 6.45) is 0.107. The molecule has 1 aromatic carbocycles. The lowest BCUT2D eigenvalue weighted by Gasteiger charge is -2.32. The first-order valence-corrected chi connectivity index (χ1v) is 28.8. The van der Waals surface area contributed by atoms with Crippen LogP contribution in [0, 0.1) is 11.8 Å². The zero-order valence-corrected chi connectivity index (χ0v) is 46.0. The number of unbranched alkanes of at least 4 members (excludes halogenated alkanes) is 3. The van der Waals surface area contributed by atoms with E-state index in [1.165, 1.54) is 23.6 Å². The van der Waals surface area contributed by atoms with Crippen molar-refractivity contribution in [3.63, 3.8) is 0 Å². The molecule has 5 heterocycles. The second-order valence-electron chi connectivity index (χ2n) is 20.2. The van der Waals surface area contributed by atoms with Crippen LogP contribution in [0.3, 0.4) is 0 Å². The molecule has 4 aliphatic rings. The van der Waals surface area contributed by atoms with Gasteiger partial charge in [-0.2, -0.15) is 11.8 Å². The molecular weight excluding hydrogens is 1070 g/mol. The number of rotatable bonds is 16.